The number of hydrogen-bond donors (Lipinski definition) is 1. The standard InChI is InChI=1S/C16H13BrN2O3/c17-10-3-1-9(2-4-10)15-14(18)16(20)19(15)11-5-6-12-13(7-11)22-8-21-12/h1-7,14-15H,8,18H2. The van der Waals surface area contributed by atoms with E-state index < -0.39 is 6.04 Å². The zero-order chi connectivity index (χ0) is 15.3. The summed E-state index contributed by atoms with van der Waals surface area (Å²) < 4.78 is 11.7. The molecule has 0 radical (unpaired) electrons. The number of amides is 1. The SMILES string of the molecule is NC1C(=O)N(c2ccc3c(c2)OCO3)C1c1ccc(Br)cc1. The molecule has 2 aliphatic heterocycles. The van der Waals surface area contributed by atoms with Crippen molar-refractivity contribution in [2.24, 2.45) is 5.73 Å². The zero-order valence-electron chi connectivity index (χ0n) is 11.5. The Morgan fingerprint density at radius 2 is 1.82 bits per heavy atom. The van der Waals surface area contributed by atoms with Crippen molar-refractivity contribution < 1.29 is 14.3 Å². The summed E-state index contributed by atoms with van der Waals surface area (Å²) in [4.78, 5) is 13.9. The summed E-state index contributed by atoms with van der Waals surface area (Å²) in [5.74, 6) is 1.26. The maximum absolute atomic E-state index is 12.2. The van der Waals surface area contributed by atoms with Crippen molar-refractivity contribution in [1.82, 2.24) is 0 Å². The lowest BCUT2D eigenvalue weighted by Crippen LogP contribution is -2.63. The molecule has 2 heterocycles. The first kappa shape index (κ1) is 13.6. The Balaban J connectivity index is 1.70. The smallest absolute Gasteiger partial charge is 0.247 e. The molecule has 2 aliphatic rings. The van der Waals surface area contributed by atoms with Crippen LogP contribution < -0.4 is 20.1 Å². The van der Waals surface area contributed by atoms with Crippen LogP contribution in [0.1, 0.15) is 11.6 Å². The molecular weight excluding hydrogens is 348 g/mol. The van der Waals surface area contributed by atoms with Crippen molar-refractivity contribution in [2.75, 3.05) is 11.7 Å². The number of ether oxygens (including phenoxy) is 2. The second kappa shape index (κ2) is 5.00. The third-order valence-electron chi connectivity index (χ3n) is 3.99. The molecule has 2 N–H and O–H groups in total. The number of nitrogens with zero attached hydrogens (tertiary/aromatic N) is 1. The lowest BCUT2D eigenvalue weighted by Gasteiger charge is -2.45. The molecule has 6 heteroatoms. The summed E-state index contributed by atoms with van der Waals surface area (Å²) in [6, 6.07) is 12.6. The largest absolute Gasteiger partial charge is 0.454 e. The molecule has 112 valence electrons. The van der Waals surface area contributed by atoms with Gasteiger partial charge in [-0.2, -0.15) is 0 Å². The molecule has 4 rings (SSSR count). The molecule has 2 atom stereocenters. The second-order valence-electron chi connectivity index (χ2n) is 5.27. The van der Waals surface area contributed by atoms with Gasteiger partial charge in [0.05, 0.1) is 6.04 Å². The minimum Gasteiger partial charge on any atom is -0.454 e. The number of anilines is 1. The third-order valence-corrected chi connectivity index (χ3v) is 4.52. The number of fused-ring (bicyclic) bond motifs is 1. The molecule has 0 bridgehead atoms. The molecule has 2 aromatic carbocycles. The first-order chi connectivity index (χ1) is 10.6. The van der Waals surface area contributed by atoms with E-state index >= 15 is 0 Å². The zero-order valence-corrected chi connectivity index (χ0v) is 13.1. The minimum absolute atomic E-state index is 0.0909. The topological polar surface area (TPSA) is 64.8 Å². The van der Waals surface area contributed by atoms with Gasteiger partial charge in [-0.15, -0.1) is 0 Å². The van der Waals surface area contributed by atoms with E-state index in [2.05, 4.69) is 15.9 Å². The van der Waals surface area contributed by atoms with E-state index in [0.29, 0.717) is 11.5 Å². The number of benzene rings is 2. The number of rotatable bonds is 2. The number of halogens is 1. The van der Waals surface area contributed by atoms with Crippen LogP contribution in [0.25, 0.3) is 0 Å². The fourth-order valence-electron chi connectivity index (χ4n) is 2.85. The van der Waals surface area contributed by atoms with Gasteiger partial charge in [0.1, 0.15) is 6.04 Å². The highest BCUT2D eigenvalue weighted by molar-refractivity contribution is 9.10. The van der Waals surface area contributed by atoms with Crippen LogP contribution in [0.15, 0.2) is 46.9 Å². The Bertz CT molecular complexity index is 748. The Labute approximate surface area is 135 Å². The predicted molar refractivity (Wildman–Crippen MR) is 84.9 cm³/mol. The number of hydrogen-bond acceptors (Lipinski definition) is 4. The van der Waals surface area contributed by atoms with E-state index in [9.17, 15) is 4.79 Å². The van der Waals surface area contributed by atoms with Gasteiger partial charge in [0.15, 0.2) is 11.5 Å². The molecule has 0 aliphatic carbocycles. The highest BCUT2D eigenvalue weighted by Gasteiger charge is 2.46. The molecule has 0 aromatic heterocycles. The molecule has 1 amide bonds. The number of nitrogens with two attached hydrogens (primary N) is 1. The fraction of sp³-hybridized carbons (Fsp3) is 0.188. The van der Waals surface area contributed by atoms with Crippen molar-refractivity contribution in [2.45, 2.75) is 12.1 Å². The van der Waals surface area contributed by atoms with Crippen LogP contribution in [0.3, 0.4) is 0 Å². The molecule has 0 spiro atoms. The summed E-state index contributed by atoms with van der Waals surface area (Å²) in [6.07, 6.45) is 0. The van der Waals surface area contributed by atoms with Crippen molar-refractivity contribution in [3.8, 4) is 11.5 Å². The monoisotopic (exact) mass is 360 g/mol. The van der Waals surface area contributed by atoms with Crippen molar-refractivity contribution in [1.29, 1.82) is 0 Å². The van der Waals surface area contributed by atoms with Crippen molar-refractivity contribution in [3.05, 3.63) is 52.5 Å². The van der Waals surface area contributed by atoms with Gasteiger partial charge in [-0.05, 0) is 29.8 Å². The van der Waals surface area contributed by atoms with Crippen LogP contribution in [0, 0.1) is 0 Å². The minimum atomic E-state index is -0.522. The molecule has 22 heavy (non-hydrogen) atoms. The highest BCUT2D eigenvalue weighted by atomic mass is 79.9. The average molecular weight is 361 g/mol. The third kappa shape index (κ3) is 1.99. The van der Waals surface area contributed by atoms with Gasteiger partial charge in [0, 0.05) is 16.2 Å². The number of β-lactam (4-membered cyclic amide) rings is 1. The predicted octanol–water partition coefficient (Wildman–Crippen LogP) is 2.59. The lowest BCUT2D eigenvalue weighted by atomic mass is 9.88. The van der Waals surface area contributed by atoms with Gasteiger partial charge in [-0.3, -0.25) is 4.79 Å². The van der Waals surface area contributed by atoms with Gasteiger partial charge < -0.3 is 20.1 Å². The van der Waals surface area contributed by atoms with E-state index in [0.717, 1.165) is 15.7 Å². The second-order valence-corrected chi connectivity index (χ2v) is 6.18. The van der Waals surface area contributed by atoms with E-state index in [4.69, 9.17) is 15.2 Å². The summed E-state index contributed by atoms with van der Waals surface area (Å²) in [5.41, 5.74) is 7.79. The molecule has 1 saturated heterocycles. The average Bonchev–Trinajstić information content (AvgIpc) is 3.00. The van der Waals surface area contributed by atoms with Crippen LogP contribution >= 0.6 is 15.9 Å². The van der Waals surface area contributed by atoms with Gasteiger partial charge >= 0.3 is 0 Å². The fourth-order valence-corrected chi connectivity index (χ4v) is 3.11. The lowest BCUT2D eigenvalue weighted by molar-refractivity contribution is -0.126. The first-order valence-electron chi connectivity index (χ1n) is 6.89. The normalized spacial score (nSPS) is 22.6. The number of carbonyl (C=O) groups is 1. The van der Waals surface area contributed by atoms with Crippen LogP contribution in [0.5, 0.6) is 11.5 Å². The van der Waals surface area contributed by atoms with Crippen LogP contribution in [-0.4, -0.2) is 18.7 Å². The Morgan fingerprint density at radius 1 is 1.09 bits per heavy atom. The first-order valence-corrected chi connectivity index (χ1v) is 7.68. The Morgan fingerprint density at radius 3 is 2.59 bits per heavy atom. The molecule has 1 fully saturated rings. The molecule has 2 unspecified atom stereocenters. The quantitative estimate of drug-likeness (QED) is 0.836. The van der Waals surface area contributed by atoms with E-state index in [1.807, 2.05) is 42.5 Å². The van der Waals surface area contributed by atoms with Crippen molar-refractivity contribution >= 4 is 27.5 Å². The van der Waals surface area contributed by atoms with Gasteiger partial charge in [-0.1, -0.05) is 28.1 Å². The summed E-state index contributed by atoms with van der Waals surface area (Å²) >= 11 is 3.41. The molecule has 5 nitrogen and oxygen atoms in total. The maximum atomic E-state index is 12.2. The van der Waals surface area contributed by atoms with E-state index in [1.165, 1.54) is 0 Å². The number of carbonyl (C=O) groups excluding carboxylic acids is 1. The van der Waals surface area contributed by atoms with Crippen LogP contribution in [0.4, 0.5) is 5.69 Å². The van der Waals surface area contributed by atoms with Gasteiger partial charge in [-0.25, -0.2) is 0 Å². The Kier molecular flexibility index (Phi) is 3.09. The highest BCUT2D eigenvalue weighted by Crippen LogP contribution is 2.42. The summed E-state index contributed by atoms with van der Waals surface area (Å²) in [7, 11) is 0. The summed E-state index contributed by atoms with van der Waals surface area (Å²) in [5, 5.41) is 0. The molecule has 2 aromatic rings. The van der Waals surface area contributed by atoms with E-state index in [-0.39, 0.29) is 18.7 Å². The van der Waals surface area contributed by atoms with Gasteiger partial charge in [0.2, 0.25) is 12.7 Å². The molecule has 0 saturated carbocycles. The Hall–Kier alpha value is -2.05. The summed E-state index contributed by atoms with van der Waals surface area (Å²) in [6.45, 7) is 0.211. The van der Waals surface area contributed by atoms with Crippen LogP contribution in [0.2, 0.25) is 0 Å². The van der Waals surface area contributed by atoms with Crippen LogP contribution in [-0.2, 0) is 4.79 Å². The maximum Gasteiger partial charge on any atom is 0.247 e. The molecular formula is C16H13BrN2O3. The van der Waals surface area contributed by atoms with Gasteiger partial charge in [0.25, 0.3) is 0 Å². The van der Waals surface area contributed by atoms with Crippen molar-refractivity contribution in [3.63, 3.8) is 0 Å². The van der Waals surface area contributed by atoms with E-state index in [1.54, 1.807) is 4.90 Å².